The van der Waals surface area contributed by atoms with Crippen LogP contribution in [0, 0.1) is 18.3 Å². The van der Waals surface area contributed by atoms with Crippen molar-refractivity contribution in [3.05, 3.63) is 28.7 Å². The number of aromatic nitrogens is 3. The van der Waals surface area contributed by atoms with Crippen molar-refractivity contribution >= 4 is 24.0 Å². The highest BCUT2D eigenvalue weighted by molar-refractivity contribution is 5.70. The van der Waals surface area contributed by atoms with Crippen LogP contribution in [-0.2, 0) is 6.42 Å². The Morgan fingerprint density at radius 3 is 2.91 bits per heavy atom. The van der Waals surface area contributed by atoms with Crippen LogP contribution < -0.4 is 11.1 Å². The number of nitrogens with two attached hydrogens (primary N) is 1. The third-order valence-electron chi connectivity index (χ3n) is 3.38. The summed E-state index contributed by atoms with van der Waals surface area (Å²) < 4.78 is 1.53. The van der Waals surface area contributed by atoms with Crippen molar-refractivity contribution < 1.29 is 0 Å². The minimum absolute atomic E-state index is 0.256. The molecular formula is C15H19N7. The maximum Gasteiger partial charge on any atom is 0.163 e. The molecule has 0 atom stereocenters. The van der Waals surface area contributed by atoms with Gasteiger partial charge in [-0.05, 0) is 27.0 Å². The van der Waals surface area contributed by atoms with Gasteiger partial charge in [0, 0.05) is 11.8 Å². The van der Waals surface area contributed by atoms with Crippen molar-refractivity contribution in [2.75, 3.05) is 11.1 Å². The van der Waals surface area contributed by atoms with Crippen LogP contribution >= 0.6 is 0 Å². The average Bonchev–Trinajstić information content (AvgIpc) is 2.82. The molecule has 0 saturated heterocycles. The van der Waals surface area contributed by atoms with Crippen molar-refractivity contribution in [2.24, 2.45) is 4.99 Å². The van der Waals surface area contributed by atoms with Gasteiger partial charge in [-0.2, -0.15) is 14.9 Å². The van der Waals surface area contributed by atoms with E-state index in [2.05, 4.69) is 40.1 Å². The van der Waals surface area contributed by atoms with Crippen LogP contribution in [0.3, 0.4) is 0 Å². The van der Waals surface area contributed by atoms with Crippen molar-refractivity contribution in [2.45, 2.75) is 33.6 Å². The molecule has 2 aromatic heterocycles. The van der Waals surface area contributed by atoms with Crippen molar-refractivity contribution in [1.29, 1.82) is 5.26 Å². The Kier molecular flexibility index (Phi) is 4.41. The topological polar surface area (TPSA) is 104 Å². The fourth-order valence-corrected chi connectivity index (χ4v) is 2.19. The standard InChI is InChI=1S/C15H19N7/c1-5-6-11-10(3)21-22-13(17)12(7-16)14(20-15(11)22)19-8-9(2)18-4/h8H,4-6,17H2,1-3H3,(H,19,20)/b9-8-. The molecule has 7 nitrogen and oxygen atoms in total. The Morgan fingerprint density at radius 1 is 1.59 bits per heavy atom. The van der Waals surface area contributed by atoms with Crippen molar-refractivity contribution in [3.8, 4) is 6.07 Å². The number of aliphatic imine (C=N–C) groups is 1. The van der Waals surface area contributed by atoms with Gasteiger partial charge in [0.1, 0.15) is 17.5 Å². The van der Waals surface area contributed by atoms with Crippen LogP contribution in [-0.4, -0.2) is 21.3 Å². The van der Waals surface area contributed by atoms with Crippen LogP contribution in [0.4, 0.5) is 11.6 Å². The van der Waals surface area contributed by atoms with Gasteiger partial charge in [0.25, 0.3) is 0 Å². The van der Waals surface area contributed by atoms with Gasteiger partial charge >= 0.3 is 0 Å². The van der Waals surface area contributed by atoms with E-state index in [4.69, 9.17) is 5.73 Å². The minimum Gasteiger partial charge on any atom is -0.382 e. The molecule has 0 fully saturated rings. The lowest BCUT2D eigenvalue weighted by atomic mass is 10.1. The van der Waals surface area contributed by atoms with Crippen LogP contribution in [0.25, 0.3) is 5.65 Å². The zero-order valence-electron chi connectivity index (χ0n) is 13.0. The van der Waals surface area contributed by atoms with Crippen LogP contribution in [0.5, 0.6) is 0 Å². The lowest BCUT2D eigenvalue weighted by Gasteiger charge is -2.08. The highest BCUT2D eigenvalue weighted by Gasteiger charge is 2.18. The van der Waals surface area contributed by atoms with Gasteiger partial charge < -0.3 is 11.1 Å². The molecule has 0 spiro atoms. The molecule has 0 aliphatic carbocycles. The number of fused-ring (bicyclic) bond motifs is 1. The summed E-state index contributed by atoms with van der Waals surface area (Å²) in [7, 11) is 0. The maximum absolute atomic E-state index is 9.35. The second kappa shape index (κ2) is 6.26. The van der Waals surface area contributed by atoms with Crippen molar-refractivity contribution in [3.63, 3.8) is 0 Å². The number of nitrogen functional groups attached to an aromatic ring is 1. The Labute approximate surface area is 129 Å². The Balaban J connectivity index is 2.67. The monoisotopic (exact) mass is 297 g/mol. The second-order valence-corrected chi connectivity index (χ2v) is 4.97. The quantitative estimate of drug-likeness (QED) is 0.825. The summed E-state index contributed by atoms with van der Waals surface area (Å²) >= 11 is 0. The number of allylic oxidation sites excluding steroid dienone is 1. The second-order valence-electron chi connectivity index (χ2n) is 4.97. The number of nitrogens with zero attached hydrogens (tertiary/aromatic N) is 5. The molecule has 7 heteroatoms. The SMILES string of the molecule is C=N/C(C)=C\Nc1nc2c(CCC)c(C)nn2c(N)c1C#N. The maximum atomic E-state index is 9.35. The summed E-state index contributed by atoms with van der Waals surface area (Å²) in [4.78, 5) is 8.32. The summed E-state index contributed by atoms with van der Waals surface area (Å²) in [6.45, 7) is 9.25. The minimum atomic E-state index is 0.256. The summed E-state index contributed by atoms with van der Waals surface area (Å²) in [5, 5.41) is 16.7. The van der Waals surface area contributed by atoms with Gasteiger partial charge in [-0.25, -0.2) is 4.98 Å². The summed E-state index contributed by atoms with van der Waals surface area (Å²) in [5.41, 5.74) is 9.63. The molecule has 22 heavy (non-hydrogen) atoms. The van der Waals surface area contributed by atoms with E-state index < -0.39 is 0 Å². The average molecular weight is 297 g/mol. The van der Waals surface area contributed by atoms with Crippen LogP contribution in [0.1, 0.15) is 37.1 Å². The molecule has 0 aliphatic rings. The smallest absolute Gasteiger partial charge is 0.163 e. The predicted octanol–water partition coefficient (Wildman–Crippen LogP) is 2.42. The summed E-state index contributed by atoms with van der Waals surface area (Å²) in [6.07, 6.45) is 3.47. The van der Waals surface area contributed by atoms with Gasteiger partial charge in [0.15, 0.2) is 11.5 Å². The Bertz CT molecular complexity index is 793. The van der Waals surface area contributed by atoms with Gasteiger partial charge in [-0.3, -0.25) is 4.99 Å². The van der Waals surface area contributed by atoms with E-state index in [-0.39, 0.29) is 11.4 Å². The Hall–Kier alpha value is -2.88. The number of nitriles is 1. The molecule has 0 radical (unpaired) electrons. The van der Waals surface area contributed by atoms with E-state index >= 15 is 0 Å². The van der Waals surface area contributed by atoms with Crippen molar-refractivity contribution in [1.82, 2.24) is 14.6 Å². The number of hydrogen-bond donors (Lipinski definition) is 2. The van der Waals surface area contributed by atoms with Crippen LogP contribution in [0.2, 0.25) is 0 Å². The molecule has 0 amide bonds. The first-order chi connectivity index (χ1) is 10.5. The zero-order valence-corrected chi connectivity index (χ0v) is 13.0. The zero-order chi connectivity index (χ0) is 16.3. The lowest BCUT2D eigenvalue weighted by Crippen LogP contribution is -2.08. The van der Waals surface area contributed by atoms with Gasteiger partial charge in [0.05, 0.1) is 11.4 Å². The van der Waals surface area contributed by atoms with E-state index in [9.17, 15) is 5.26 Å². The fraction of sp³-hybridized carbons (Fsp3) is 0.333. The molecule has 114 valence electrons. The highest BCUT2D eigenvalue weighted by Crippen LogP contribution is 2.25. The third kappa shape index (κ3) is 2.63. The van der Waals surface area contributed by atoms with Gasteiger partial charge in [-0.1, -0.05) is 13.3 Å². The molecule has 2 aromatic rings. The molecular weight excluding hydrogens is 278 g/mol. The van der Waals surface area contributed by atoms with E-state index in [1.165, 1.54) is 4.52 Å². The molecule has 2 heterocycles. The molecule has 3 N–H and O–H groups in total. The summed E-state index contributed by atoms with van der Waals surface area (Å²) in [5.74, 6) is 0.672. The fourth-order valence-electron chi connectivity index (χ4n) is 2.19. The van der Waals surface area contributed by atoms with E-state index in [0.29, 0.717) is 17.2 Å². The number of rotatable bonds is 5. The van der Waals surface area contributed by atoms with Gasteiger partial charge in [-0.15, -0.1) is 0 Å². The number of nitrogens with one attached hydrogen (secondary N) is 1. The molecule has 0 aliphatic heterocycles. The number of anilines is 2. The van der Waals surface area contributed by atoms with Gasteiger partial charge in [0.2, 0.25) is 0 Å². The van der Waals surface area contributed by atoms with E-state index in [1.54, 1.807) is 13.1 Å². The predicted molar refractivity (Wildman–Crippen MR) is 87.8 cm³/mol. The highest BCUT2D eigenvalue weighted by atomic mass is 15.3. The van der Waals surface area contributed by atoms with E-state index in [1.807, 2.05) is 6.92 Å². The Morgan fingerprint density at radius 2 is 2.32 bits per heavy atom. The third-order valence-corrected chi connectivity index (χ3v) is 3.38. The number of aryl methyl sites for hydroxylation is 2. The lowest BCUT2D eigenvalue weighted by molar-refractivity contribution is 0.911. The number of hydrogen-bond acceptors (Lipinski definition) is 6. The molecule has 0 bridgehead atoms. The summed E-state index contributed by atoms with van der Waals surface area (Å²) in [6, 6.07) is 2.07. The molecule has 2 rings (SSSR count). The van der Waals surface area contributed by atoms with E-state index in [0.717, 1.165) is 24.1 Å². The molecule has 0 aromatic carbocycles. The normalized spacial score (nSPS) is 11.5. The first-order valence-corrected chi connectivity index (χ1v) is 7.01. The molecule has 0 unspecified atom stereocenters. The molecule has 0 saturated carbocycles. The largest absolute Gasteiger partial charge is 0.382 e. The van der Waals surface area contributed by atoms with Crippen LogP contribution in [0.15, 0.2) is 16.9 Å². The first-order valence-electron chi connectivity index (χ1n) is 7.01. The first kappa shape index (κ1) is 15.5.